The summed E-state index contributed by atoms with van der Waals surface area (Å²) >= 11 is 0. The fourth-order valence-corrected chi connectivity index (χ4v) is 3.09. The fourth-order valence-electron chi connectivity index (χ4n) is 1.53. The Morgan fingerprint density at radius 2 is 2.11 bits per heavy atom. The van der Waals surface area contributed by atoms with Gasteiger partial charge in [-0.1, -0.05) is 6.92 Å². The van der Waals surface area contributed by atoms with E-state index in [0.717, 1.165) is 4.31 Å². The van der Waals surface area contributed by atoms with Crippen LogP contribution in [0.15, 0.2) is 5.03 Å². The molecule has 9 heteroatoms. The standard InChI is InChI=1S/C9H15N3O5S/c1-3-12(4-5-13)18(16,17)8-7(9(14)15)6(2)10-11-8/h13H,3-5H2,1-2H3,(H,10,11)(H,14,15). The molecule has 0 aliphatic carbocycles. The first-order chi connectivity index (χ1) is 8.36. The van der Waals surface area contributed by atoms with Gasteiger partial charge in [-0.2, -0.15) is 9.40 Å². The molecule has 0 atom stereocenters. The maximum atomic E-state index is 12.2. The average Bonchev–Trinajstić information content (AvgIpc) is 2.68. The summed E-state index contributed by atoms with van der Waals surface area (Å²) in [6.45, 7) is 2.68. The topological polar surface area (TPSA) is 124 Å². The van der Waals surface area contributed by atoms with Crippen molar-refractivity contribution in [1.82, 2.24) is 14.5 Å². The number of carboxylic acid groups (broad SMARTS) is 1. The molecule has 0 aromatic carbocycles. The Morgan fingerprint density at radius 1 is 1.50 bits per heavy atom. The molecule has 1 aromatic rings. The van der Waals surface area contributed by atoms with Gasteiger partial charge in [0.05, 0.1) is 6.61 Å². The monoisotopic (exact) mass is 277 g/mol. The number of aryl methyl sites for hydroxylation is 1. The van der Waals surface area contributed by atoms with Crippen LogP contribution in [0, 0.1) is 6.92 Å². The smallest absolute Gasteiger partial charge is 0.340 e. The highest BCUT2D eigenvalue weighted by Crippen LogP contribution is 2.20. The summed E-state index contributed by atoms with van der Waals surface area (Å²) < 4.78 is 25.3. The number of aromatic carboxylic acids is 1. The zero-order valence-electron chi connectivity index (χ0n) is 10.0. The second-order valence-corrected chi connectivity index (χ2v) is 5.41. The lowest BCUT2D eigenvalue weighted by molar-refractivity contribution is 0.0691. The van der Waals surface area contributed by atoms with E-state index in [-0.39, 0.29) is 31.0 Å². The highest BCUT2D eigenvalue weighted by molar-refractivity contribution is 7.89. The van der Waals surface area contributed by atoms with E-state index >= 15 is 0 Å². The molecule has 1 rings (SSSR count). The molecule has 0 saturated heterocycles. The molecule has 3 N–H and O–H groups in total. The van der Waals surface area contributed by atoms with Crippen molar-refractivity contribution in [3.63, 3.8) is 0 Å². The number of aromatic nitrogens is 2. The van der Waals surface area contributed by atoms with Gasteiger partial charge < -0.3 is 10.2 Å². The van der Waals surface area contributed by atoms with E-state index in [0.29, 0.717) is 0 Å². The highest BCUT2D eigenvalue weighted by atomic mass is 32.2. The Labute approximate surface area is 104 Å². The molecule has 1 heterocycles. The number of aromatic amines is 1. The summed E-state index contributed by atoms with van der Waals surface area (Å²) in [5.41, 5.74) is -0.201. The van der Waals surface area contributed by atoms with E-state index in [1.165, 1.54) is 6.92 Å². The van der Waals surface area contributed by atoms with Crippen molar-refractivity contribution in [2.75, 3.05) is 19.7 Å². The molecule has 1 aromatic heterocycles. The fraction of sp³-hybridized carbons (Fsp3) is 0.556. The molecule has 0 aliphatic heterocycles. The van der Waals surface area contributed by atoms with E-state index in [9.17, 15) is 13.2 Å². The zero-order chi connectivity index (χ0) is 13.9. The lowest BCUT2D eigenvalue weighted by Gasteiger charge is -2.17. The van der Waals surface area contributed by atoms with Crippen LogP contribution in [0.3, 0.4) is 0 Å². The van der Waals surface area contributed by atoms with Gasteiger partial charge >= 0.3 is 5.97 Å². The van der Waals surface area contributed by atoms with Crippen LogP contribution in [0.1, 0.15) is 23.0 Å². The van der Waals surface area contributed by atoms with E-state index in [1.807, 2.05) is 0 Å². The molecule has 102 valence electrons. The van der Waals surface area contributed by atoms with E-state index in [4.69, 9.17) is 10.2 Å². The number of carbonyl (C=O) groups is 1. The van der Waals surface area contributed by atoms with Crippen molar-refractivity contribution in [3.05, 3.63) is 11.3 Å². The molecule has 0 fully saturated rings. The number of carboxylic acids is 1. The van der Waals surface area contributed by atoms with Crippen LogP contribution in [0.4, 0.5) is 0 Å². The molecular weight excluding hydrogens is 262 g/mol. The lowest BCUT2D eigenvalue weighted by Crippen LogP contribution is -2.34. The number of sulfonamides is 1. The molecule has 8 nitrogen and oxygen atoms in total. The minimum Gasteiger partial charge on any atom is -0.478 e. The third-order valence-electron chi connectivity index (χ3n) is 2.41. The first-order valence-electron chi connectivity index (χ1n) is 5.25. The van der Waals surface area contributed by atoms with Gasteiger partial charge in [0.1, 0.15) is 5.56 Å². The van der Waals surface area contributed by atoms with E-state index < -0.39 is 21.0 Å². The first kappa shape index (κ1) is 14.6. The van der Waals surface area contributed by atoms with Crippen LogP contribution in [0.5, 0.6) is 0 Å². The van der Waals surface area contributed by atoms with Gasteiger partial charge in [0.15, 0.2) is 0 Å². The highest BCUT2D eigenvalue weighted by Gasteiger charge is 2.32. The third kappa shape index (κ3) is 2.52. The van der Waals surface area contributed by atoms with Crippen LogP contribution >= 0.6 is 0 Å². The summed E-state index contributed by atoms with van der Waals surface area (Å²) in [6.07, 6.45) is 0. The summed E-state index contributed by atoms with van der Waals surface area (Å²) in [7, 11) is -4.02. The van der Waals surface area contributed by atoms with Gasteiger partial charge in [-0.25, -0.2) is 13.2 Å². The first-order valence-corrected chi connectivity index (χ1v) is 6.69. The number of H-pyrrole nitrogens is 1. The SMILES string of the molecule is CCN(CCO)S(=O)(=O)c1n[nH]c(C)c1C(=O)O. The van der Waals surface area contributed by atoms with Gasteiger partial charge in [-0.05, 0) is 6.92 Å². The predicted octanol–water partition coefficient (Wildman–Crippen LogP) is -0.581. The summed E-state index contributed by atoms with van der Waals surface area (Å²) in [4.78, 5) is 11.0. The number of hydrogen-bond acceptors (Lipinski definition) is 5. The van der Waals surface area contributed by atoms with Crippen molar-refractivity contribution in [2.24, 2.45) is 0 Å². The Hall–Kier alpha value is -1.45. The van der Waals surface area contributed by atoms with Crippen LogP contribution < -0.4 is 0 Å². The maximum absolute atomic E-state index is 12.2. The molecule has 0 saturated carbocycles. The molecular formula is C9H15N3O5S. The predicted molar refractivity (Wildman–Crippen MR) is 61.8 cm³/mol. The molecule has 0 radical (unpaired) electrons. The lowest BCUT2D eigenvalue weighted by atomic mass is 10.3. The minimum atomic E-state index is -4.02. The molecule has 0 bridgehead atoms. The van der Waals surface area contributed by atoms with E-state index in [2.05, 4.69) is 10.2 Å². The van der Waals surface area contributed by atoms with Gasteiger partial charge in [-0.3, -0.25) is 5.10 Å². The van der Waals surface area contributed by atoms with Crippen LogP contribution in [0.25, 0.3) is 0 Å². The number of aliphatic hydroxyl groups is 1. The number of aliphatic hydroxyl groups excluding tert-OH is 1. The number of hydrogen-bond donors (Lipinski definition) is 3. The van der Waals surface area contributed by atoms with Crippen molar-refractivity contribution < 1.29 is 23.4 Å². The van der Waals surface area contributed by atoms with Crippen molar-refractivity contribution >= 4 is 16.0 Å². The summed E-state index contributed by atoms with van der Waals surface area (Å²) in [5.74, 6) is -1.36. The molecule has 0 aliphatic rings. The molecule has 18 heavy (non-hydrogen) atoms. The second-order valence-electron chi connectivity index (χ2n) is 3.55. The normalized spacial score (nSPS) is 12.0. The maximum Gasteiger partial charge on any atom is 0.340 e. The Balaban J connectivity index is 3.32. The number of likely N-dealkylation sites (N-methyl/N-ethyl adjacent to an activating group) is 1. The van der Waals surface area contributed by atoms with Gasteiger partial charge in [0.25, 0.3) is 10.0 Å². The molecule has 0 amide bonds. The number of nitrogens with zero attached hydrogens (tertiary/aromatic N) is 2. The summed E-state index contributed by atoms with van der Waals surface area (Å²) in [5, 5.41) is 23.2. The van der Waals surface area contributed by atoms with Gasteiger partial charge in [-0.15, -0.1) is 0 Å². The number of rotatable bonds is 6. The van der Waals surface area contributed by atoms with Crippen LogP contribution in [-0.4, -0.2) is 58.8 Å². The third-order valence-corrected chi connectivity index (χ3v) is 4.32. The minimum absolute atomic E-state index is 0.107. The van der Waals surface area contributed by atoms with Crippen LogP contribution in [0.2, 0.25) is 0 Å². The Bertz CT molecular complexity index is 536. The molecule has 0 unspecified atom stereocenters. The van der Waals surface area contributed by atoms with E-state index in [1.54, 1.807) is 6.92 Å². The Kier molecular flexibility index (Phi) is 4.43. The van der Waals surface area contributed by atoms with Gasteiger partial charge in [0.2, 0.25) is 5.03 Å². The quantitative estimate of drug-likeness (QED) is 0.639. The average molecular weight is 277 g/mol. The Morgan fingerprint density at radius 3 is 2.56 bits per heavy atom. The van der Waals surface area contributed by atoms with Crippen molar-refractivity contribution in [3.8, 4) is 0 Å². The zero-order valence-corrected chi connectivity index (χ0v) is 10.9. The second kappa shape index (κ2) is 5.46. The van der Waals surface area contributed by atoms with Crippen molar-refractivity contribution in [2.45, 2.75) is 18.9 Å². The molecule has 0 spiro atoms. The largest absolute Gasteiger partial charge is 0.478 e. The van der Waals surface area contributed by atoms with Gasteiger partial charge in [0, 0.05) is 18.8 Å². The van der Waals surface area contributed by atoms with Crippen LogP contribution in [-0.2, 0) is 10.0 Å². The summed E-state index contributed by atoms with van der Waals surface area (Å²) in [6, 6.07) is 0. The number of nitrogens with one attached hydrogen (secondary N) is 1. The van der Waals surface area contributed by atoms with Crippen molar-refractivity contribution in [1.29, 1.82) is 0 Å².